The quantitative estimate of drug-likeness (QED) is 0.494. The van der Waals surface area contributed by atoms with Crippen molar-refractivity contribution in [3.8, 4) is 0 Å². The third kappa shape index (κ3) is 4.39. The zero-order valence-electron chi connectivity index (χ0n) is 17.3. The molecule has 0 radical (unpaired) electrons. The first-order chi connectivity index (χ1) is 12.7. The van der Waals surface area contributed by atoms with Crippen LogP contribution in [0.1, 0.15) is 52.7 Å². The summed E-state index contributed by atoms with van der Waals surface area (Å²) in [6, 6.07) is 23.7. The van der Waals surface area contributed by atoms with Crippen LogP contribution in [0.3, 0.4) is 0 Å². The minimum Gasteiger partial charge on any atom is -0.295 e. The van der Waals surface area contributed by atoms with E-state index in [1.807, 2.05) is 18.3 Å². The minimum atomic E-state index is 0.142. The molecule has 0 spiro atoms. The van der Waals surface area contributed by atoms with E-state index in [0.29, 0.717) is 0 Å². The highest BCUT2D eigenvalue weighted by Gasteiger charge is 2.18. The monoisotopic (exact) mass is 358 g/mol. The Bertz CT molecular complexity index is 807. The Kier molecular flexibility index (Phi) is 5.10. The Morgan fingerprint density at radius 1 is 0.593 bits per heavy atom. The Morgan fingerprint density at radius 2 is 1.04 bits per heavy atom. The SMILES string of the molecule is CC(C)(C)c1ccc(N(c2ccc(C(C)(C)C)cc2)c2ccccn2)cc1. The molecule has 3 rings (SSSR count). The van der Waals surface area contributed by atoms with Crippen molar-refractivity contribution < 1.29 is 0 Å². The maximum atomic E-state index is 4.60. The van der Waals surface area contributed by atoms with E-state index in [1.165, 1.54) is 11.1 Å². The van der Waals surface area contributed by atoms with E-state index in [-0.39, 0.29) is 10.8 Å². The second-order valence-electron chi connectivity index (χ2n) is 9.12. The van der Waals surface area contributed by atoms with Crippen LogP contribution in [0.2, 0.25) is 0 Å². The molecule has 0 saturated carbocycles. The largest absolute Gasteiger partial charge is 0.295 e. The first-order valence-electron chi connectivity index (χ1n) is 9.58. The van der Waals surface area contributed by atoms with Crippen molar-refractivity contribution in [3.63, 3.8) is 0 Å². The maximum Gasteiger partial charge on any atom is 0.137 e. The molecular formula is C25H30N2. The summed E-state index contributed by atoms with van der Waals surface area (Å²) in [5.41, 5.74) is 5.17. The van der Waals surface area contributed by atoms with E-state index in [0.717, 1.165) is 17.2 Å². The minimum absolute atomic E-state index is 0.142. The van der Waals surface area contributed by atoms with E-state index in [4.69, 9.17) is 0 Å². The maximum absolute atomic E-state index is 4.60. The standard InChI is InChI=1S/C25H30N2/c1-24(2,3)19-10-14-21(15-11-19)27(23-9-7-8-18-26-23)22-16-12-20(13-17-22)25(4,5)6/h7-18H,1-6H3. The average Bonchev–Trinajstić information content (AvgIpc) is 2.62. The van der Waals surface area contributed by atoms with Gasteiger partial charge in [-0.3, -0.25) is 4.90 Å². The summed E-state index contributed by atoms with van der Waals surface area (Å²) in [7, 11) is 0. The van der Waals surface area contributed by atoms with Gasteiger partial charge in [-0.25, -0.2) is 4.98 Å². The van der Waals surface area contributed by atoms with Crippen molar-refractivity contribution >= 4 is 17.2 Å². The van der Waals surface area contributed by atoms with Gasteiger partial charge in [0, 0.05) is 17.6 Å². The number of benzene rings is 2. The normalized spacial score (nSPS) is 12.1. The first kappa shape index (κ1) is 19.2. The smallest absolute Gasteiger partial charge is 0.137 e. The molecule has 0 aliphatic carbocycles. The van der Waals surface area contributed by atoms with Gasteiger partial charge >= 0.3 is 0 Å². The molecule has 3 aromatic rings. The molecular weight excluding hydrogens is 328 g/mol. The van der Waals surface area contributed by atoms with Crippen LogP contribution < -0.4 is 4.90 Å². The predicted octanol–water partition coefficient (Wildman–Crippen LogP) is 7.15. The lowest BCUT2D eigenvalue weighted by molar-refractivity contribution is 0.590. The van der Waals surface area contributed by atoms with Crippen molar-refractivity contribution in [2.75, 3.05) is 4.90 Å². The molecule has 0 amide bonds. The van der Waals surface area contributed by atoms with E-state index >= 15 is 0 Å². The molecule has 2 aromatic carbocycles. The van der Waals surface area contributed by atoms with Crippen LogP contribution in [0.25, 0.3) is 0 Å². The summed E-state index contributed by atoms with van der Waals surface area (Å²) in [6.07, 6.45) is 1.84. The van der Waals surface area contributed by atoms with Crippen molar-refractivity contribution in [1.29, 1.82) is 0 Å². The Morgan fingerprint density at radius 3 is 1.37 bits per heavy atom. The lowest BCUT2D eigenvalue weighted by Gasteiger charge is -2.27. The van der Waals surface area contributed by atoms with E-state index in [9.17, 15) is 0 Å². The van der Waals surface area contributed by atoms with Crippen molar-refractivity contribution in [2.24, 2.45) is 0 Å². The molecule has 0 bridgehead atoms. The highest BCUT2D eigenvalue weighted by molar-refractivity contribution is 5.74. The summed E-state index contributed by atoms with van der Waals surface area (Å²) in [4.78, 5) is 6.81. The van der Waals surface area contributed by atoms with Gasteiger partial charge < -0.3 is 0 Å². The van der Waals surface area contributed by atoms with Gasteiger partial charge in [0.1, 0.15) is 5.82 Å². The average molecular weight is 359 g/mol. The van der Waals surface area contributed by atoms with Gasteiger partial charge in [-0.1, -0.05) is 71.9 Å². The van der Waals surface area contributed by atoms with Crippen molar-refractivity contribution in [1.82, 2.24) is 4.98 Å². The van der Waals surface area contributed by atoms with Crippen LogP contribution in [0, 0.1) is 0 Å². The molecule has 0 fully saturated rings. The molecule has 1 aromatic heterocycles. The number of aromatic nitrogens is 1. The molecule has 2 nitrogen and oxygen atoms in total. The number of pyridine rings is 1. The predicted molar refractivity (Wildman–Crippen MR) is 116 cm³/mol. The van der Waals surface area contributed by atoms with Crippen molar-refractivity contribution in [3.05, 3.63) is 84.1 Å². The molecule has 0 atom stereocenters. The Hall–Kier alpha value is -2.61. The fourth-order valence-corrected chi connectivity index (χ4v) is 3.12. The third-order valence-electron chi connectivity index (χ3n) is 4.86. The van der Waals surface area contributed by atoms with E-state index < -0.39 is 0 Å². The van der Waals surface area contributed by atoms with Gasteiger partial charge in [-0.05, 0) is 58.4 Å². The second-order valence-corrected chi connectivity index (χ2v) is 9.12. The van der Waals surface area contributed by atoms with Gasteiger partial charge in [-0.15, -0.1) is 0 Å². The van der Waals surface area contributed by atoms with Crippen LogP contribution in [0.5, 0.6) is 0 Å². The summed E-state index contributed by atoms with van der Waals surface area (Å²) in [6.45, 7) is 13.4. The number of nitrogens with zero attached hydrogens (tertiary/aromatic N) is 2. The number of hydrogen-bond donors (Lipinski definition) is 0. The summed E-state index contributed by atoms with van der Waals surface area (Å²) >= 11 is 0. The molecule has 27 heavy (non-hydrogen) atoms. The summed E-state index contributed by atoms with van der Waals surface area (Å²) in [5, 5.41) is 0. The third-order valence-corrected chi connectivity index (χ3v) is 4.86. The lowest BCUT2D eigenvalue weighted by Crippen LogP contribution is -2.15. The van der Waals surface area contributed by atoms with Crippen LogP contribution in [0.4, 0.5) is 17.2 Å². The molecule has 0 aliphatic rings. The fraction of sp³-hybridized carbons (Fsp3) is 0.320. The zero-order valence-corrected chi connectivity index (χ0v) is 17.3. The Balaban J connectivity index is 2.05. The van der Waals surface area contributed by atoms with Gasteiger partial charge in [0.05, 0.1) is 0 Å². The number of rotatable bonds is 3. The second kappa shape index (κ2) is 7.19. The first-order valence-corrected chi connectivity index (χ1v) is 9.58. The Labute approximate surface area is 163 Å². The molecule has 0 aliphatic heterocycles. The molecule has 140 valence electrons. The topological polar surface area (TPSA) is 16.1 Å². The van der Waals surface area contributed by atoms with Gasteiger partial charge in [0.2, 0.25) is 0 Å². The van der Waals surface area contributed by atoms with E-state index in [2.05, 4.69) is 106 Å². The molecule has 0 unspecified atom stereocenters. The number of anilines is 3. The van der Waals surface area contributed by atoms with Gasteiger partial charge in [-0.2, -0.15) is 0 Å². The lowest BCUT2D eigenvalue weighted by atomic mass is 9.87. The molecule has 2 heteroatoms. The fourth-order valence-electron chi connectivity index (χ4n) is 3.12. The summed E-state index contributed by atoms with van der Waals surface area (Å²) in [5.74, 6) is 0.921. The van der Waals surface area contributed by atoms with E-state index in [1.54, 1.807) is 0 Å². The number of hydrogen-bond acceptors (Lipinski definition) is 2. The highest BCUT2D eigenvalue weighted by atomic mass is 15.2. The van der Waals surface area contributed by atoms with Crippen LogP contribution in [0.15, 0.2) is 72.9 Å². The van der Waals surface area contributed by atoms with Crippen LogP contribution >= 0.6 is 0 Å². The molecule has 1 heterocycles. The van der Waals surface area contributed by atoms with Gasteiger partial charge in [0.15, 0.2) is 0 Å². The van der Waals surface area contributed by atoms with Crippen molar-refractivity contribution in [2.45, 2.75) is 52.4 Å². The zero-order chi connectivity index (χ0) is 19.7. The molecule has 0 saturated heterocycles. The van der Waals surface area contributed by atoms with Crippen LogP contribution in [-0.4, -0.2) is 4.98 Å². The van der Waals surface area contributed by atoms with Crippen LogP contribution in [-0.2, 0) is 10.8 Å². The highest BCUT2D eigenvalue weighted by Crippen LogP contribution is 2.35. The van der Waals surface area contributed by atoms with Gasteiger partial charge in [0.25, 0.3) is 0 Å². The molecule has 0 N–H and O–H groups in total. The summed E-state index contributed by atoms with van der Waals surface area (Å²) < 4.78 is 0.